The molecule has 5 nitrogen and oxygen atoms in total. The normalized spacial score (nSPS) is 15.5. The summed E-state index contributed by atoms with van der Waals surface area (Å²) in [6, 6.07) is 1.54. The van der Waals surface area contributed by atoms with E-state index >= 15 is 0 Å². The fourth-order valence-corrected chi connectivity index (χ4v) is 3.38. The third-order valence-electron chi connectivity index (χ3n) is 2.79. The number of alkyl halides is 2. The molecule has 1 aromatic rings. The van der Waals surface area contributed by atoms with Crippen LogP contribution in [-0.4, -0.2) is 29.9 Å². The van der Waals surface area contributed by atoms with Gasteiger partial charge in [0.1, 0.15) is 5.69 Å². The van der Waals surface area contributed by atoms with E-state index < -0.39 is 19.5 Å². The first-order valence-corrected chi connectivity index (χ1v) is 10.1. The Balaban J connectivity index is 3.12. The molecule has 128 valence electrons. The summed E-state index contributed by atoms with van der Waals surface area (Å²) in [5.41, 5.74) is 0.506. The average Bonchev–Trinajstić information content (AvgIpc) is 2.46. The molecule has 0 aliphatic heterocycles. The molecule has 0 aromatic carbocycles. The molecule has 0 aliphatic carbocycles. The lowest BCUT2D eigenvalue weighted by atomic mass is 10.2. The van der Waals surface area contributed by atoms with Gasteiger partial charge in [-0.15, -0.1) is 0 Å². The predicted molar refractivity (Wildman–Crippen MR) is 102 cm³/mol. The Morgan fingerprint density at radius 2 is 2.22 bits per heavy atom. The number of aromatic nitrogens is 1. The van der Waals surface area contributed by atoms with Crippen LogP contribution >= 0.6 is 38.5 Å². The zero-order valence-electron chi connectivity index (χ0n) is 12.8. The van der Waals surface area contributed by atoms with Gasteiger partial charge in [-0.25, -0.2) is 17.8 Å². The van der Waals surface area contributed by atoms with Crippen LogP contribution in [0.2, 0.25) is 0 Å². The topological polar surface area (TPSA) is 68.3 Å². The second kappa shape index (κ2) is 8.97. The summed E-state index contributed by atoms with van der Waals surface area (Å²) < 4.78 is 45.2. The molecule has 1 heterocycles. The molecule has 9 heteroatoms. The molecule has 1 aromatic heterocycles. The number of nitrogens with zero attached hydrogens (tertiary/aromatic N) is 1. The first kappa shape index (κ1) is 20.4. The maximum Gasteiger partial charge on any atom is 0.239 e. The molecule has 2 unspecified atom stereocenters. The van der Waals surface area contributed by atoms with Gasteiger partial charge in [0.2, 0.25) is 15.9 Å². The van der Waals surface area contributed by atoms with Crippen molar-refractivity contribution in [2.75, 3.05) is 11.8 Å². The van der Waals surface area contributed by atoms with Gasteiger partial charge in [-0.05, 0) is 64.0 Å². The Kier molecular flexibility index (Phi) is 7.95. The minimum atomic E-state index is -3.78. The summed E-state index contributed by atoms with van der Waals surface area (Å²) in [7, 11) is -2.39. The van der Waals surface area contributed by atoms with Crippen molar-refractivity contribution in [3.05, 3.63) is 40.5 Å². The number of hydrogen-bond donors (Lipinski definition) is 1. The van der Waals surface area contributed by atoms with Gasteiger partial charge in [-0.2, -0.15) is 0 Å². The lowest BCUT2D eigenvalue weighted by molar-refractivity contribution is 0.400. The number of halogens is 3. The van der Waals surface area contributed by atoms with Crippen LogP contribution in [0.25, 0.3) is 0 Å². The van der Waals surface area contributed by atoms with Gasteiger partial charge in [0.25, 0.3) is 0 Å². The van der Waals surface area contributed by atoms with E-state index in [2.05, 4.69) is 25.6 Å². The van der Waals surface area contributed by atoms with E-state index in [0.29, 0.717) is 10.0 Å². The quantitative estimate of drug-likeness (QED) is 0.333. The van der Waals surface area contributed by atoms with E-state index in [9.17, 15) is 12.8 Å². The maximum absolute atomic E-state index is 13.5. The Labute approximate surface area is 157 Å². The molecular weight excluding hydrogens is 502 g/mol. The summed E-state index contributed by atoms with van der Waals surface area (Å²) in [6.45, 7) is 3.21. The molecule has 0 spiro atoms. The highest BCUT2D eigenvalue weighted by Crippen LogP contribution is 2.27. The lowest BCUT2D eigenvalue weighted by Gasteiger charge is -2.15. The number of pyridine rings is 1. The second-order valence-electron chi connectivity index (χ2n) is 4.53. The summed E-state index contributed by atoms with van der Waals surface area (Å²) in [5, 5.41) is -0.939. The van der Waals surface area contributed by atoms with Gasteiger partial charge < -0.3 is 4.74 Å². The molecular formula is C14H17BrFIN2O3S. The smallest absolute Gasteiger partial charge is 0.239 e. The highest BCUT2D eigenvalue weighted by molar-refractivity contribution is 14.1. The van der Waals surface area contributed by atoms with E-state index in [1.54, 1.807) is 47.7 Å². The van der Waals surface area contributed by atoms with Gasteiger partial charge in [0, 0.05) is 10.7 Å². The summed E-state index contributed by atoms with van der Waals surface area (Å²) in [6.07, 6.45) is 6.07. The van der Waals surface area contributed by atoms with Gasteiger partial charge >= 0.3 is 0 Å². The highest BCUT2D eigenvalue weighted by Gasteiger charge is 2.22. The Morgan fingerprint density at radius 1 is 1.57 bits per heavy atom. The summed E-state index contributed by atoms with van der Waals surface area (Å²) in [5.74, 6) is 0.152. The predicted octanol–water partition coefficient (Wildman–Crippen LogP) is 4.22. The van der Waals surface area contributed by atoms with Crippen LogP contribution in [0.15, 0.2) is 40.5 Å². The lowest BCUT2D eigenvalue weighted by Crippen LogP contribution is -2.24. The number of nitrogens with one attached hydrogen (secondary N) is 1. The molecule has 1 N–H and O–H groups in total. The second-order valence-corrected chi connectivity index (χ2v) is 8.58. The molecule has 0 bridgehead atoms. The van der Waals surface area contributed by atoms with E-state index in [-0.39, 0.29) is 11.6 Å². The van der Waals surface area contributed by atoms with Crippen molar-refractivity contribution in [3.63, 3.8) is 0 Å². The molecule has 0 saturated heterocycles. The van der Waals surface area contributed by atoms with Crippen LogP contribution in [0, 0.1) is 0 Å². The minimum absolute atomic E-state index is 0.152. The van der Waals surface area contributed by atoms with Gasteiger partial charge in [0.05, 0.1) is 12.4 Å². The summed E-state index contributed by atoms with van der Waals surface area (Å²) in [4.78, 5) is 3.97. The fourth-order valence-electron chi connectivity index (χ4n) is 1.66. The first-order chi connectivity index (χ1) is 10.7. The minimum Gasteiger partial charge on any atom is -0.479 e. The van der Waals surface area contributed by atoms with Crippen molar-refractivity contribution in [1.29, 1.82) is 0 Å². The third kappa shape index (κ3) is 6.03. The Hall–Kier alpha value is -0.680. The monoisotopic (exact) mass is 518 g/mol. The van der Waals surface area contributed by atoms with Crippen molar-refractivity contribution in [2.45, 2.75) is 23.3 Å². The number of methoxy groups -OCH3 is 1. The largest absolute Gasteiger partial charge is 0.479 e. The van der Waals surface area contributed by atoms with Crippen molar-refractivity contribution < 1.29 is 17.5 Å². The number of sulfonamides is 1. The highest BCUT2D eigenvalue weighted by atomic mass is 127. The Morgan fingerprint density at radius 3 is 2.74 bits per heavy atom. The number of allylic oxidation sites excluding steroid dienone is 3. The molecule has 0 saturated carbocycles. The standard InChI is InChI=1S/C14H17BrFIN2O3S/c1-4-5-10(13(16)17)6-9(2)23(20,21)19-12-7-11(15)8-18-14(12)22-3/h4-9,13,19H,1-3H3/b5-4-,10-6+. The van der Waals surface area contributed by atoms with Crippen molar-refractivity contribution in [3.8, 4) is 5.88 Å². The van der Waals surface area contributed by atoms with Crippen LogP contribution in [0.3, 0.4) is 0 Å². The van der Waals surface area contributed by atoms with Crippen LogP contribution < -0.4 is 9.46 Å². The molecule has 2 atom stereocenters. The number of hydrogen-bond acceptors (Lipinski definition) is 4. The SMILES string of the molecule is C/C=C\C(=C/C(C)S(=O)(=O)Nc1cc(Br)cnc1OC)C(F)I. The molecule has 0 aliphatic rings. The van der Waals surface area contributed by atoms with Crippen molar-refractivity contribution >= 4 is 54.2 Å². The molecule has 0 amide bonds. The number of ether oxygens (including phenoxy) is 1. The Bertz CT molecular complexity index is 708. The van der Waals surface area contributed by atoms with Gasteiger partial charge in [0.15, 0.2) is 4.18 Å². The molecule has 1 rings (SSSR count). The molecule has 0 fully saturated rings. The molecule has 23 heavy (non-hydrogen) atoms. The zero-order chi connectivity index (χ0) is 17.6. The van der Waals surface area contributed by atoms with E-state index in [4.69, 9.17) is 4.74 Å². The van der Waals surface area contributed by atoms with E-state index in [1.165, 1.54) is 26.3 Å². The van der Waals surface area contributed by atoms with Gasteiger partial charge in [-0.1, -0.05) is 18.2 Å². The number of rotatable bonds is 7. The van der Waals surface area contributed by atoms with Crippen molar-refractivity contribution in [1.82, 2.24) is 4.98 Å². The van der Waals surface area contributed by atoms with Crippen LogP contribution in [0.1, 0.15) is 13.8 Å². The van der Waals surface area contributed by atoms with E-state index in [0.717, 1.165) is 0 Å². The van der Waals surface area contributed by atoms with Crippen molar-refractivity contribution in [2.24, 2.45) is 0 Å². The fraction of sp³-hybridized carbons (Fsp3) is 0.357. The maximum atomic E-state index is 13.5. The third-order valence-corrected chi connectivity index (χ3v) is 5.56. The summed E-state index contributed by atoms with van der Waals surface area (Å²) >= 11 is 4.82. The zero-order valence-corrected chi connectivity index (χ0v) is 17.3. The average molecular weight is 519 g/mol. The molecule has 0 radical (unpaired) electrons. The number of anilines is 1. The van der Waals surface area contributed by atoms with Crippen LogP contribution in [0.5, 0.6) is 5.88 Å². The van der Waals surface area contributed by atoms with Gasteiger partial charge in [-0.3, -0.25) is 4.72 Å². The first-order valence-electron chi connectivity index (χ1n) is 6.55. The van der Waals surface area contributed by atoms with E-state index in [1.807, 2.05) is 0 Å². The van der Waals surface area contributed by atoms with Crippen LogP contribution in [-0.2, 0) is 10.0 Å². The van der Waals surface area contributed by atoms with Crippen LogP contribution in [0.4, 0.5) is 10.1 Å².